The van der Waals surface area contributed by atoms with E-state index < -0.39 is 24.0 Å². The maximum atomic E-state index is 11.8. The van der Waals surface area contributed by atoms with Crippen LogP contribution in [0.4, 0.5) is 4.79 Å². The van der Waals surface area contributed by atoms with E-state index in [2.05, 4.69) is 5.32 Å². The molecule has 0 aromatic carbocycles. The van der Waals surface area contributed by atoms with Crippen molar-refractivity contribution >= 4 is 18.0 Å². The average Bonchev–Trinajstić information content (AvgIpc) is 2.32. The van der Waals surface area contributed by atoms with Crippen molar-refractivity contribution in [2.75, 3.05) is 13.6 Å². The molecule has 0 heterocycles. The molecule has 0 aromatic rings. The van der Waals surface area contributed by atoms with Crippen LogP contribution < -0.4 is 5.32 Å². The number of rotatable bonds is 8. The number of hydrogen-bond donors (Lipinski definition) is 3. The summed E-state index contributed by atoms with van der Waals surface area (Å²) in [7, 11) is 1.58. The minimum absolute atomic E-state index is 0.131. The molecule has 0 aliphatic heterocycles. The molecule has 0 saturated heterocycles. The second-order valence-electron chi connectivity index (χ2n) is 4.67. The minimum Gasteiger partial charge on any atom is -0.481 e. The second-order valence-corrected chi connectivity index (χ2v) is 4.67. The van der Waals surface area contributed by atoms with Gasteiger partial charge in [-0.25, -0.2) is 9.59 Å². The third-order valence-electron chi connectivity index (χ3n) is 2.87. The number of amides is 2. The largest absolute Gasteiger partial charge is 0.481 e. The lowest BCUT2D eigenvalue weighted by Gasteiger charge is -2.23. The maximum absolute atomic E-state index is 11.8. The van der Waals surface area contributed by atoms with Crippen molar-refractivity contribution in [3.8, 4) is 0 Å². The zero-order chi connectivity index (χ0) is 15.0. The van der Waals surface area contributed by atoms with Crippen LogP contribution in [0, 0.1) is 5.92 Å². The fraction of sp³-hybridized carbons (Fsp3) is 0.750. The fourth-order valence-electron chi connectivity index (χ4n) is 1.46. The van der Waals surface area contributed by atoms with Crippen LogP contribution in [0.1, 0.15) is 33.1 Å². The van der Waals surface area contributed by atoms with E-state index in [1.54, 1.807) is 7.05 Å². The van der Waals surface area contributed by atoms with E-state index >= 15 is 0 Å². The first-order valence-electron chi connectivity index (χ1n) is 6.24. The summed E-state index contributed by atoms with van der Waals surface area (Å²) >= 11 is 0. The molecule has 0 saturated carbocycles. The first-order valence-corrected chi connectivity index (χ1v) is 6.24. The Bertz CT molecular complexity index is 332. The van der Waals surface area contributed by atoms with Crippen molar-refractivity contribution in [1.82, 2.24) is 10.2 Å². The first kappa shape index (κ1) is 17.2. The summed E-state index contributed by atoms with van der Waals surface area (Å²) in [5.74, 6) is -2.00. The highest BCUT2D eigenvalue weighted by molar-refractivity contribution is 5.82. The Hall–Kier alpha value is -1.79. The van der Waals surface area contributed by atoms with Gasteiger partial charge in [-0.2, -0.15) is 0 Å². The van der Waals surface area contributed by atoms with Crippen LogP contribution in [0.25, 0.3) is 0 Å². The van der Waals surface area contributed by atoms with Crippen LogP contribution in [-0.2, 0) is 9.59 Å². The Morgan fingerprint density at radius 3 is 2.26 bits per heavy atom. The third kappa shape index (κ3) is 7.28. The first-order chi connectivity index (χ1) is 8.77. The quantitative estimate of drug-likeness (QED) is 0.612. The van der Waals surface area contributed by atoms with Crippen molar-refractivity contribution in [2.45, 2.75) is 39.2 Å². The molecule has 0 aromatic heterocycles. The summed E-state index contributed by atoms with van der Waals surface area (Å²) in [5, 5.41) is 19.8. The van der Waals surface area contributed by atoms with Crippen LogP contribution >= 0.6 is 0 Å². The van der Waals surface area contributed by atoms with E-state index in [0.29, 0.717) is 12.5 Å². The Morgan fingerprint density at radius 2 is 1.84 bits per heavy atom. The molecule has 0 bridgehead atoms. The van der Waals surface area contributed by atoms with Crippen LogP contribution in [-0.4, -0.2) is 52.7 Å². The number of aliphatic carboxylic acids is 2. The smallest absolute Gasteiger partial charge is 0.326 e. The molecular weight excluding hydrogens is 252 g/mol. The highest BCUT2D eigenvalue weighted by atomic mass is 16.4. The van der Waals surface area contributed by atoms with E-state index in [-0.39, 0.29) is 12.8 Å². The second kappa shape index (κ2) is 8.34. The monoisotopic (exact) mass is 274 g/mol. The van der Waals surface area contributed by atoms with Gasteiger partial charge in [0.1, 0.15) is 6.04 Å². The summed E-state index contributed by atoms with van der Waals surface area (Å²) in [4.78, 5) is 34.5. The van der Waals surface area contributed by atoms with Crippen LogP contribution in [0.15, 0.2) is 0 Å². The summed E-state index contributed by atoms with van der Waals surface area (Å²) in [6.45, 7) is 4.51. The van der Waals surface area contributed by atoms with Crippen molar-refractivity contribution in [3.05, 3.63) is 0 Å². The van der Waals surface area contributed by atoms with Crippen molar-refractivity contribution in [2.24, 2.45) is 5.92 Å². The van der Waals surface area contributed by atoms with Crippen LogP contribution in [0.3, 0.4) is 0 Å². The highest BCUT2D eigenvalue weighted by Crippen LogP contribution is 2.04. The van der Waals surface area contributed by atoms with Gasteiger partial charge in [0, 0.05) is 20.0 Å². The SMILES string of the molecule is CCC(C)CN(C)C(=O)NC(CCC(=O)O)C(=O)O. The Balaban J connectivity index is 4.37. The van der Waals surface area contributed by atoms with E-state index in [9.17, 15) is 14.4 Å². The van der Waals surface area contributed by atoms with E-state index in [1.807, 2.05) is 13.8 Å². The molecule has 2 amide bonds. The number of carboxylic acid groups (broad SMARTS) is 2. The zero-order valence-corrected chi connectivity index (χ0v) is 11.5. The number of nitrogens with zero attached hydrogens (tertiary/aromatic N) is 1. The van der Waals surface area contributed by atoms with Gasteiger partial charge in [0.25, 0.3) is 0 Å². The lowest BCUT2D eigenvalue weighted by atomic mass is 10.1. The molecule has 2 atom stereocenters. The van der Waals surface area contributed by atoms with Crippen LogP contribution in [0.5, 0.6) is 0 Å². The number of carboxylic acids is 2. The predicted octanol–water partition coefficient (Wildman–Crippen LogP) is 0.992. The molecule has 7 nitrogen and oxygen atoms in total. The van der Waals surface area contributed by atoms with Gasteiger partial charge in [-0.05, 0) is 12.3 Å². The fourth-order valence-corrected chi connectivity index (χ4v) is 1.46. The van der Waals surface area contributed by atoms with Gasteiger partial charge in [-0.3, -0.25) is 4.79 Å². The average molecular weight is 274 g/mol. The molecule has 2 unspecified atom stereocenters. The topological polar surface area (TPSA) is 107 Å². The van der Waals surface area contributed by atoms with Gasteiger partial charge in [-0.15, -0.1) is 0 Å². The number of urea groups is 1. The van der Waals surface area contributed by atoms with Crippen LogP contribution in [0.2, 0.25) is 0 Å². The predicted molar refractivity (Wildman–Crippen MR) is 68.9 cm³/mol. The third-order valence-corrected chi connectivity index (χ3v) is 2.87. The Kier molecular flexibility index (Phi) is 7.55. The molecule has 3 N–H and O–H groups in total. The normalized spacial score (nSPS) is 13.4. The van der Waals surface area contributed by atoms with Gasteiger partial charge in [-0.1, -0.05) is 20.3 Å². The van der Waals surface area contributed by atoms with Crippen molar-refractivity contribution in [1.29, 1.82) is 0 Å². The van der Waals surface area contributed by atoms with Gasteiger partial charge < -0.3 is 20.4 Å². The maximum Gasteiger partial charge on any atom is 0.326 e. The van der Waals surface area contributed by atoms with Crippen molar-refractivity contribution in [3.63, 3.8) is 0 Å². The molecule has 0 radical (unpaired) electrons. The van der Waals surface area contributed by atoms with Crippen molar-refractivity contribution < 1.29 is 24.6 Å². The van der Waals surface area contributed by atoms with Gasteiger partial charge in [0.2, 0.25) is 0 Å². The zero-order valence-electron chi connectivity index (χ0n) is 11.5. The van der Waals surface area contributed by atoms with E-state index in [0.717, 1.165) is 6.42 Å². The molecular formula is C12H22N2O5. The van der Waals surface area contributed by atoms with Gasteiger partial charge in [0.15, 0.2) is 0 Å². The molecule has 110 valence electrons. The highest BCUT2D eigenvalue weighted by Gasteiger charge is 2.22. The van der Waals surface area contributed by atoms with Gasteiger partial charge in [0.05, 0.1) is 0 Å². The molecule has 0 aliphatic carbocycles. The summed E-state index contributed by atoms with van der Waals surface area (Å²) < 4.78 is 0. The molecule has 0 rings (SSSR count). The molecule has 0 fully saturated rings. The minimum atomic E-state index is -1.23. The van der Waals surface area contributed by atoms with E-state index in [4.69, 9.17) is 10.2 Å². The summed E-state index contributed by atoms with van der Waals surface area (Å²) in [5.41, 5.74) is 0. The lowest BCUT2D eigenvalue weighted by molar-refractivity contribution is -0.140. The number of nitrogens with one attached hydrogen (secondary N) is 1. The summed E-state index contributed by atoms with van der Waals surface area (Å²) in [6, 6.07) is -1.68. The molecule has 7 heteroatoms. The lowest BCUT2D eigenvalue weighted by Crippen LogP contribution is -2.47. The Labute approximate surface area is 112 Å². The van der Waals surface area contributed by atoms with E-state index in [1.165, 1.54) is 4.90 Å². The standard InChI is InChI=1S/C12H22N2O5/c1-4-8(2)7-14(3)12(19)13-9(11(17)18)5-6-10(15)16/h8-9H,4-7H2,1-3H3,(H,13,19)(H,15,16)(H,17,18). The van der Waals surface area contributed by atoms with Gasteiger partial charge >= 0.3 is 18.0 Å². The number of carbonyl (C=O) groups is 3. The molecule has 0 spiro atoms. The summed E-state index contributed by atoms with van der Waals surface area (Å²) in [6.07, 6.45) is 0.485. The number of hydrogen-bond acceptors (Lipinski definition) is 3. The molecule has 0 aliphatic rings. The molecule has 19 heavy (non-hydrogen) atoms. The Morgan fingerprint density at radius 1 is 1.26 bits per heavy atom. The number of carbonyl (C=O) groups excluding carboxylic acids is 1.